The van der Waals surface area contributed by atoms with Gasteiger partial charge in [0.05, 0.1) is 17.3 Å². The molecule has 20 heavy (non-hydrogen) atoms. The normalized spacial score (nSPS) is 10.7. The van der Waals surface area contributed by atoms with E-state index in [0.29, 0.717) is 11.4 Å². The van der Waals surface area contributed by atoms with E-state index in [-0.39, 0.29) is 0 Å². The van der Waals surface area contributed by atoms with Crippen LogP contribution in [0.1, 0.15) is 16.1 Å². The molecule has 0 aliphatic carbocycles. The first-order valence-corrected chi connectivity index (χ1v) is 6.11. The van der Waals surface area contributed by atoms with E-state index in [9.17, 15) is 4.79 Å². The highest BCUT2D eigenvalue weighted by molar-refractivity contribution is 5.98. The Morgan fingerprint density at radius 3 is 2.95 bits per heavy atom. The Kier molecular flexibility index (Phi) is 2.83. The van der Waals surface area contributed by atoms with Crippen molar-refractivity contribution in [3.63, 3.8) is 0 Å². The molecule has 0 saturated carbocycles. The minimum absolute atomic E-state index is 0.364. The van der Waals surface area contributed by atoms with Gasteiger partial charge in [-0.25, -0.2) is 4.98 Å². The quantitative estimate of drug-likeness (QED) is 0.677. The van der Waals surface area contributed by atoms with E-state index in [1.165, 1.54) is 0 Å². The summed E-state index contributed by atoms with van der Waals surface area (Å²) in [5.41, 5.74) is 8.30. The van der Waals surface area contributed by atoms with Crippen LogP contribution < -0.4 is 11.1 Å². The minimum Gasteiger partial charge on any atom is -0.365 e. The van der Waals surface area contributed by atoms with E-state index < -0.39 is 5.91 Å². The average Bonchev–Trinajstić information content (AvgIpc) is 2.85. The largest absolute Gasteiger partial charge is 0.365 e. The number of aryl methyl sites for hydroxylation is 1. The SMILES string of the molecule is Cc1ccc(C(N)=O)c(Nc2ccc3[nH]ncc3c2)n1. The number of hydrogen-bond acceptors (Lipinski definition) is 4. The van der Waals surface area contributed by atoms with Gasteiger partial charge in [-0.1, -0.05) is 0 Å². The Morgan fingerprint density at radius 1 is 1.30 bits per heavy atom. The number of carbonyl (C=O) groups is 1. The molecule has 0 aliphatic heterocycles. The van der Waals surface area contributed by atoms with Crippen LogP contribution in [0, 0.1) is 6.92 Å². The number of amides is 1. The van der Waals surface area contributed by atoms with E-state index in [0.717, 1.165) is 22.3 Å². The molecule has 0 fully saturated rings. The molecule has 6 heteroatoms. The molecule has 0 aliphatic rings. The molecule has 1 aromatic carbocycles. The fourth-order valence-corrected chi connectivity index (χ4v) is 2.01. The molecule has 0 radical (unpaired) electrons. The molecule has 3 aromatic rings. The molecule has 0 atom stereocenters. The number of aromatic amines is 1. The first-order valence-electron chi connectivity index (χ1n) is 6.11. The number of primary amides is 1. The summed E-state index contributed by atoms with van der Waals surface area (Å²) in [6, 6.07) is 9.14. The van der Waals surface area contributed by atoms with Crippen LogP contribution >= 0.6 is 0 Å². The standard InChI is InChI=1S/C14H13N5O/c1-8-2-4-11(13(15)20)14(17-8)18-10-3-5-12-9(6-10)7-16-19-12/h2-7H,1H3,(H2,15,20)(H,16,19)(H,17,18). The maximum Gasteiger partial charge on any atom is 0.252 e. The molecular formula is C14H13N5O. The number of nitrogens with two attached hydrogens (primary N) is 1. The van der Waals surface area contributed by atoms with Crippen LogP contribution in [0.3, 0.4) is 0 Å². The number of nitrogens with zero attached hydrogens (tertiary/aromatic N) is 2. The van der Waals surface area contributed by atoms with Gasteiger partial charge in [0.25, 0.3) is 5.91 Å². The van der Waals surface area contributed by atoms with Gasteiger partial charge in [-0.15, -0.1) is 0 Å². The Balaban J connectivity index is 2.01. The zero-order valence-electron chi connectivity index (χ0n) is 10.8. The van der Waals surface area contributed by atoms with Gasteiger partial charge < -0.3 is 11.1 Å². The van der Waals surface area contributed by atoms with Crippen LogP contribution in [0.25, 0.3) is 10.9 Å². The number of hydrogen-bond donors (Lipinski definition) is 3. The van der Waals surface area contributed by atoms with Crippen molar-refractivity contribution in [2.75, 3.05) is 5.32 Å². The van der Waals surface area contributed by atoms with Crippen molar-refractivity contribution >= 4 is 28.3 Å². The Hall–Kier alpha value is -2.89. The monoisotopic (exact) mass is 267 g/mol. The number of pyridine rings is 1. The number of H-pyrrole nitrogens is 1. The molecular weight excluding hydrogens is 254 g/mol. The molecule has 0 saturated heterocycles. The second-order valence-electron chi connectivity index (χ2n) is 4.51. The van der Waals surface area contributed by atoms with Gasteiger partial charge in [0.1, 0.15) is 5.82 Å². The summed E-state index contributed by atoms with van der Waals surface area (Å²) in [5.74, 6) is -0.0512. The van der Waals surface area contributed by atoms with E-state index >= 15 is 0 Å². The lowest BCUT2D eigenvalue weighted by molar-refractivity contribution is 0.100. The van der Waals surface area contributed by atoms with Crippen molar-refractivity contribution in [1.29, 1.82) is 0 Å². The van der Waals surface area contributed by atoms with Crippen molar-refractivity contribution in [2.45, 2.75) is 6.92 Å². The average molecular weight is 267 g/mol. The fourth-order valence-electron chi connectivity index (χ4n) is 2.01. The maximum absolute atomic E-state index is 11.4. The van der Waals surface area contributed by atoms with Crippen LogP contribution in [-0.2, 0) is 0 Å². The second kappa shape index (κ2) is 4.65. The summed E-state index contributed by atoms with van der Waals surface area (Å²) < 4.78 is 0. The number of anilines is 2. The molecule has 3 rings (SSSR count). The zero-order chi connectivity index (χ0) is 14.1. The highest BCUT2D eigenvalue weighted by Gasteiger charge is 2.10. The molecule has 1 amide bonds. The van der Waals surface area contributed by atoms with E-state index in [4.69, 9.17) is 5.73 Å². The number of carbonyl (C=O) groups excluding carboxylic acids is 1. The number of benzene rings is 1. The first kappa shape index (κ1) is 12.2. The highest BCUT2D eigenvalue weighted by Crippen LogP contribution is 2.22. The Bertz CT molecular complexity index is 793. The summed E-state index contributed by atoms with van der Waals surface area (Å²) >= 11 is 0. The smallest absolute Gasteiger partial charge is 0.252 e. The number of fused-ring (bicyclic) bond motifs is 1. The summed E-state index contributed by atoms with van der Waals surface area (Å²) in [7, 11) is 0. The third-order valence-corrected chi connectivity index (χ3v) is 3.00. The minimum atomic E-state index is -0.510. The number of aromatic nitrogens is 3. The van der Waals surface area contributed by atoms with Gasteiger partial charge in [0.15, 0.2) is 0 Å². The summed E-state index contributed by atoms with van der Waals surface area (Å²) in [6.45, 7) is 1.86. The van der Waals surface area contributed by atoms with E-state index in [2.05, 4.69) is 20.5 Å². The third kappa shape index (κ3) is 2.18. The van der Waals surface area contributed by atoms with Gasteiger partial charge in [-0.05, 0) is 37.3 Å². The van der Waals surface area contributed by atoms with Crippen molar-refractivity contribution < 1.29 is 4.79 Å². The van der Waals surface area contributed by atoms with Crippen LogP contribution in [0.2, 0.25) is 0 Å². The summed E-state index contributed by atoms with van der Waals surface area (Å²) in [4.78, 5) is 15.7. The number of nitrogens with one attached hydrogen (secondary N) is 2. The van der Waals surface area contributed by atoms with Gasteiger partial charge >= 0.3 is 0 Å². The van der Waals surface area contributed by atoms with Gasteiger partial charge in [0, 0.05) is 16.8 Å². The van der Waals surface area contributed by atoms with Crippen molar-refractivity contribution in [3.05, 3.63) is 47.8 Å². The molecule has 0 unspecified atom stereocenters. The lowest BCUT2D eigenvalue weighted by Crippen LogP contribution is -2.14. The molecule has 4 N–H and O–H groups in total. The second-order valence-corrected chi connectivity index (χ2v) is 4.51. The summed E-state index contributed by atoms with van der Waals surface area (Å²) in [6.07, 6.45) is 1.74. The predicted molar refractivity (Wildman–Crippen MR) is 76.9 cm³/mol. The molecule has 2 aromatic heterocycles. The van der Waals surface area contributed by atoms with Crippen molar-refractivity contribution in [1.82, 2.24) is 15.2 Å². The van der Waals surface area contributed by atoms with E-state index in [1.54, 1.807) is 18.3 Å². The molecule has 0 spiro atoms. The Labute approximate surface area is 115 Å². The maximum atomic E-state index is 11.4. The van der Waals surface area contributed by atoms with Crippen LogP contribution in [-0.4, -0.2) is 21.1 Å². The zero-order valence-corrected chi connectivity index (χ0v) is 10.8. The first-order chi connectivity index (χ1) is 9.63. The van der Waals surface area contributed by atoms with Crippen molar-refractivity contribution in [2.24, 2.45) is 5.73 Å². The lowest BCUT2D eigenvalue weighted by Gasteiger charge is -2.10. The molecule has 100 valence electrons. The molecule has 0 bridgehead atoms. The lowest BCUT2D eigenvalue weighted by atomic mass is 10.2. The Morgan fingerprint density at radius 2 is 2.15 bits per heavy atom. The van der Waals surface area contributed by atoms with Gasteiger partial charge in [0.2, 0.25) is 0 Å². The van der Waals surface area contributed by atoms with E-state index in [1.807, 2.05) is 25.1 Å². The molecule has 6 nitrogen and oxygen atoms in total. The molecule has 2 heterocycles. The number of rotatable bonds is 3. The van der Waals surface area contributed by atoms with Gasteiger partial charge in [-0.3, -0.25) is 9.89 Å². The fraction of sp³-hybridized carbons (Fsp3) is 0.0714. The van der Waals surface area contributed by atoms with Crippen molar-refractivity contribution in [3.8, 4) is 0 Å². The summed E-state index contributed by atoms with van der Waals surface area (Å²) in [5, 5.41) is 10.9. The van der Waals surface area contributed by atoms with Gasteiger partial charge in [-0.2, -0.15) is 5.10 Å². The van der Waals surface area contributed by atoms with Crippen LogP contribution in [0.5, 0.6) is 0 Å². The highest BCUT2D eigenvalue weighted by atomic mass is 16.1. The predicted octanol–water partition coefficient (Wildman–Crippen LogP) is 2.11. The third-order valence-electron chi connectivity index (χ3n) is 3.00. The topological polar surface area (TPSA) is 96.7 Å². The van der Waals surface area contributed by atoms with Crippen LogP contribution in [0.4, 0.5) is 11.5 Å². The van der Waals surface area contributed by atoms with Crippen LogP contribution in [0.15, 0.2) is 36.5 Å².